The third-order valence-corrected chi connectivity index (χ3v) is 13.3. The molecule has 0 saturated heterocycles. The number of hydrogen-bond acceptors (Lipinski definition) is 5. The van der Waals surface area contributed by atoms with E-state index in [4.69, 9.17) is 0 Å². The van der Waals surface area contributed by atoms with Gasteiger partial charge in [-0.1, -0.05) is 296 Å². The van der Waals surface area contributed by atoms with Gasteiger partial charge in [-0.05, 0) is 12.8 Å². The smallest absolute Gasteiger partial charge is 0.249 e. The second-order valence-electron chi connectivity index (χ2n) is 19.3. The van der Waals surface area contributed by atoms with Crippen LogP contribution < -0.4 is 5.32 Å². The monoisotopic (exact) mass is 852 g/mol. The summed E-state index contributed by atoms with van der Waals surface area (Å²) in [5.74, 6) is -0.582. The van der Waals surface area contributed by atoms with Gasteiger partial charge in [0, 0.05) is 0 Å². The molecule has 0 spiro atoms. The number of unbranched alkanes of at least 4 members (excludes halogenated alkanes) is 42. The van der Waals surface area contributed by atoms with Gasteiger partial charge < -0.3 is 25.7 Å². The Labute approximate surface area is 375 Å². The molecule has 1 amide bonds. The van der Waals surface area contributed by atoms with Crippen LogP contribution in [0, 0.1) is 0 Å². The molecule has 360 valence electrons. The van der Waals surface area contributed by atoms with Crippen molar-refractivity contribution < 1.29 is 25.2 Å². The Hall–Kier alpha value is -0.690. The Kier molecular flexibility index (Phi) is 48.8. The minimum Gasteiger partial charge on any atom is -0.394 e. The lowest BCUT2D eigenvalue weighted by molar-refractivity contribution is -0.132. The summed E-state index contributed by atoms with van der Waals surface area (Å²) < 4.78 is 0. The first kappa shape index (κ1) is 59.3. The first-order chi connectivity index (χ1) is 29.5. The molecule has 0 bridgehead atoms. The first-order valence-electron chi connectivity index (χ1n) is 27.4. The van der Waals surface area contributed by atoms with E-state index in [1.807, 2.05) is 0 Å². The van der Waals surface area contributed by atoms with Gasteiger partial charge in [-0.15, -0.1) is 0 Å². The first-order valence-corrected chi connectivity index (χ1v) is 27.4. The van der Waals surface area contributed by atoms with Crippen molar-refractivity contribution in [3.05, 3.63) is 0 Å². The number of aliphatic hydroxyl groups is 4. The van der Waals surface area contributed by atoms with Crippen molar-refractivity contribution >= 4 is 5.91 Å². The number of amides is 1. The van der Waals surface area contributed by atoms with Gasteiger partial charge in [-0.25, -0.2) is 0 Å². The molecule has 0 aliphatic rings. The Morgan fingerprint density at radius 3 is 0.800 bits per heavy atom. The van der Waals surface area contributed by atoms with E-state index in [9.17, 15) is 25.2 Å². The zero-order valence-electron chi connectivity index (χ0n) is 40.7. The number of nitrogens with one attached hydrogen (secondary N) is 1. The quantitative estimate of drug-likeness (QED) is 0.0392. The zero-order valence-corrected chi connectivity index (χ0v) is 40.7. The van der Waals surface area contributed by atoms with E-state index in [1.54, 1.807) is 0 Å². The van der Waals surface area contributed by atoms with Gasteiger partial charge in [0.2, 0.25) is 5.91 Å². The van der Waals surface area contributed by atoms with Crippen molar-refractivity contribution in [2.75, 3.05) is 6.61 Å². The highest BCUT2D eigenvalue weighted by Gasteiger charge is 2.28. The van der Waals surface area contributed by atoms with Crippen LogP contribution in [0.15, 0.2) is 0 Å². The zero-order chi connectivity index (χ0) is 43.8. The van der Waals surface area contributed by atoms with Gasteiger partial charge in [0.1, 0.15) is 12.2 Å². The average molecular weight is 852 g/mol. The molecule has 0 aromatic carbocycles. The number of rotatable bonds is 51. The van der Waals surface area contributed by atoms with Crippen molar-refractivity contribution in [3.8, 4) is 0 Å². The predicted octanol–water partition coefficient (Wildman–Crippen LogP) is 15.5. The van der Waals surface area contributed by atoms with Crippen molar-refractivity contribution in [2.45, 2.75) is 334 Å². The van der Waals surface area contributed by atoms with E-state index >= 15 is 0 Å². The molecule has 0 aromatic heterocycles. The molecule has 0 heterocycles. The lowest BCUT2D eigenvalue weighted by Crippen LogP contribution is -2.53. The maximum atomic E-state index is 12.5. The fourth-order valence-electron chi connectivity index (χ4n) is 9.00. The lowest BCUT2D eigenvalue weighted by Gasteiger charge is -2.27. The third kappa shape index (κ3) is 42.6. The van der Waals surface area contributed by atoms with Crippen LogP contribution in [0.2, 0.25) is 0 Å². The number of aliphatic hydroxyl groups excluding tert-OH is 4. The Balaban J connectivity index is 3.37. The molecule has 4 unspecified atom stereocenters. The van der Waals surface area contributed by atoms with Gasteiger partial charge in [0.15, 0.2) is 0 Å². The number of hydrogen-bond donors (Lipinski definition) is 5. The Morgan fingerprint density at radius 1 is 0.350 bits per heavy atom. The van der Waals surface area contributed by atoms with Crippen LogP contribution in [0.3, 0.4) is 0 Å². The topological polar surface area (TPSA) is 110 Å². The van der Waals surface area contributed by atoms with E-state index < -0.39 is 36.9 Å². The molecule has 5 N–H and O–H groups in total. The summed E-state index contributed by atoms with van der Waals surface area (Å²) in [7, 11) is 0. The third-order valence-electron chi connectivity index (χ3n) is 13.3. The van der Waals surface area contributed by atoms with Crippen LogP contribution >= 0.6 is 0 Å². The molecule has 4 atom stereocenters. The van der Waals surface area contributed by atoms with Crippen LogP contribution in [-0.4, -0.2) is 57.3 Å². The van der Waals surface area contributed by atoms with Gasteiger partial charge in [0.05, 0.1) is 18.8 Å². The van der Waals surface area contributed by atoms with E-state index in [2.05, 4.69) is 19.2 Å². The van der Waals surface area contributed by atoms with Crippen LogP contribution in [0.1, 0.15) is 309 Å². The molecule has 60 heavy (non-hydrogen) atoms. The summed E-state index contributed by atoms with van der Waals surface area (Å²) in [5, 5.41) is 43.3. The minimum atomic E-state index is -1.25. The number of carbonyl (C=O) groups excluding carboxylic acids is 1. The standard InChI is InChI=1S/C54H109NO5/c1-3-5-7-9-11-12-13-14-15-16-17-18-19-20-21-22-23-24-25-26-27-28-29-30-31-32-33-34-35-36-37-38-39-40-41-42-44-46-48-52(58)54(60)55-50(49-56)53(59)51(57)47-45-43-10-8-6-4-2/h50-53,56-59H,3-49H2,1-2H3,(H,55,60). The van der Waals surface area contributed by atoms with Crippen molar-refractivity contribution in [2.24, 2.45) is 0 Å². The van der Waals surface area contributed by atoms with Gasteiger partial charge in [-0.2, -0.15) is 0 Å². The number of carbonyl (C=O) groups is 1. The van der Waals surface area contributed by atoms with Gasteiger partial charge >= 0.3 is 0 Å². The summed E-state index contributed by atoms with van der Waals surface area (Å²) in [5.41, 5.74) is 0. The molecule has 0 saturated carbocycles. The summed E-state index contributed by atoms with van der Waals surface area (Å²) in [4.78, 5) is 12.5. The molecule has 0 aliphatic heterocycles. The summed E-state index contributed by atoms with van der Waals surface area (Å²) >= 11 is 0. The molecule has 0 radical (unpaired) electrons. The van der Waals surface area contributed by atoms with Crippen molar-refractivity contribution in [1.29, 1.82) is 0 Å². The van der Waals surface area contributed by atoms with Crippen molar-refractivity contribution in [1.82, 2.24) is 5.32 Å². The van der Waals surface area contributed by atoms with E-state index in [-0.39, 0.29) is 0 Å². The maximum Gasteiger partial charge on any atom is 0.249 e. The highest BCUT2D eigenvalue weighted by molar-refractivity contribution is 5.80. The fraction of sp³-hybridized carbons (Fsp3) is 0.981. The van der Waals surface area contributed by atoms with Gasteiger partial charge in [-0.3, -0.25) is 4.79 Å². The molecule has 0 aliphatic carbocycles. The van der Waals surface area contributed by atoms with Crippen LogP contribution in [0.5, 0.6) is 0 Å². The average Bonchev–Trinajstić information content (AvgIpc) is 3.25. The minimum absolute atomic E-state index is 0.375. The van der Waals surface area contributed by atoms with Crippen LogP contribution in [-0.2, 0) is 4.79 Å². The Morgan fingerprint density at radius 2 is 0.567 bits per heavy atom. The van der Waals surface area contributed by atoms with E-state index in [0.29, 0.717) is 12.8 Å². The molecule has 0 aromatic rings. The summed E-state index contributed by atoms with van der Waals surface area (Å²) in [6.45, 7) is 4.00. The maximum absolute atomic E-state index is 12.5. The lowest BCUT2D eigenvalue weighted by atomic mass is 9.99. The molecular formula is C54H109NO5. The Bertz CT molecular complexity index is 826. The second kappa shape index (κ2) is 49.3. The predicted molar refractivity (Wildman–Crippen MR) is 261 cm³/mol. The molecule has 0 rings (SSSR count). The molecule has 6 heteroatoms. The van der Waals surface area contributed by atoms with Crippen LogP contribution in [0.4, 0.5) is 0 Å². The highest BCUT2D eigenvalue weighted by atomic mass is 16.3. The second-order valence-corrected chi connectivity index (χ2v) is 19.3. The van der Waals surface area contributed by atoms with E-state index in [0.717, 1.165) is 38.5 Å². The normalized spacial score (nSPS) is 13.8. The SMILES string of the molecule is CCCCCCCCCCCCCCCCCCCCCCCCCCCCCCCCCCCCCCCCC(O)C(=O)NC(CO)C(O)C(O)CCCCCCCC. The van der Waals surface area contributed by atoms with Crippen molar-refractivity contribution in [3.63, 3.8) is 0 Å². The highest BCUT2D eigenvalue weighted by Crippen LogP contribution is 2.19. The fourth-order valence-corrected chi connectivity index (χ4v) is 9.00. The molecule has 0 fully saturated rings. The van der Waals surface area contributed by atoms with Crippen LogP contribution in [0.25, 0.3) is 0 Å². The molecule has 6 nitrogen and oxygen atoms in total. The largest absolute Gasteiger partial charge is 0.394 e. The van der Waals surface area contributed by atoms with Gasteiger partial charge in [0.25, 0.3) is 0 Å². The molecular weight excluding hydrogens is 743 g/mol. The van der Waals surface area contributed by atoms with E-state index in [1.165, 1.54) is 244 Å². The summed E-state index contributed by atoms with van der Waals surface area (Å²) in [6.07, 6.45) is 56.8. The summed E-state index contributed by atoms with van der Waals surface area (Å²) in [6, 6.07) is -0.977.